The molecule has 2 aromatic rings. The number of alkyl halides is 3. The number of hydrogen-bond donors (Lipinski definition) is 3. The molecule has 222 valence electrons. The number of ether oxygens (including phenoxy) is 1. The highest BCUT2D eigenvalue weighted by Gasteiger charge is 2.31. The van der Waals surface area contributed by atoms with Gasteiger partial charge in [0.2, 0.25) is 11.8 Å². The van der Waals surface area contributed by atoms with Crippen LogP contribution in [0, 0.1) is 18.2 Å². The molecule has 1 aliphatic rings. The predicted molar refractivity (Wildman–Crippen MR) is 145 cm³/mol. The van der Waals surface area contributed by atoms with E-state index in [9.17, 15) is 32.3 Å². The Labute approximate surface area is 237 Å². The number of rotatable bonds is 6. The molecule has 3 N–H and O–H groups in total. The molecular formula is C30H35F4N3O4. The molecule has 7 nitrogen and oxygen atoms in total. The van der Waals surface area contributed by atoms with E-state index in [1.807, 2.05) is 0 Å². The van der Waals surface area contributed by atoms with Gasteiger partial charge in [0.15, 0.2) is 0 Å². The number of benzene rings is 2. The second-order valence-corrected chi connectivity index (χ2v) is 10.1. The van der Waals surface area contributed by atoms with Gasteiger partial charge >= 0.3 is 6.18 Å². The van der Waals surface area contributed by atoms with E-state index >= 15 is 0 Å². The monoisotopic (exact) mass is 577 g/mol. The number of carbonyl (C=O) groups is 2. The Kier molecular flexibility index (Phi) is 11.6. The van der Waals surface area contributed by atoms with Gasteiger partial charge in [-0.05, 0) is 55.0 Å². The molecular weight excluding hydrogens is 542 g/mol. The Morgan fingerprint density at radius 2 is 1.98 bits per heavy atom. The van der Waals surface area contributed by atoms with Crippen molar-refractivity contribution < 1.29 is 37.0 Å². The van der Waals surface area contributed by atoms with Crippen LogP contribution in [0.1, 0.15) is 48.8 Å². The number of amides is 2. The van der Waals surface area contributed by atoms with Crippen LogP contribution >= 0.6 is 0 Å². The van der Waals surface area contributed by atoms with Crippen LogP contribution in [0.3, 0.4) is 0 Å². The maximum atomic E-state index is 14.4. The summed E-state index contributed by atoms with van der Waals surface area (Å²) in [5, 5.41) is 16.8. The van der Waals surface area contributed by atoms with Crippen molar-refractivity contribution in [3.8, 4) is 18.1 Å². The topological polar surface area (TPSA) is 90.9 Å². The largest absolute Gasteiger partial charge is 0.493 e. The highest BCUT2D eigenvalue weighted by molar-refractivity contribution is 5.88. The molecule has 0 aromatic heterocycles. The molecule has 11 heteroatoms. The smallest absolute Gasteiger partial charge is 0.416 e. The lowest BCUT2D eigenvalue weighted by molar-refractivity contribution is -0.139. The molecule has 2 aromatic carbocycles. The third-order valence-electron chi connectivity index (χ3n) is 6.89. The summed E-state index contributed by atoms with van der Waals surface area (Å²) < 4.78 is 59.3. The van der Waals surface area contributed by atoms with Crippen molar-refractivity contribution in [2.75, 3.05) is 20.2 Å². The van der Waals surface area contributed by atoms with Crippen LogP contribution in [0.4, 0.5) is 17.6 Å². The molecule has 0 spiro atoms. The molecule has 2 bridgehead atoms. The SMILES string of the molecule is C#CCC1C(=O)NC([C@H](O)CNCc2cccc(C(F)(F)F)c2)Cc2cc(F)cc(c2)OCCCCCC(=O)N1C. The first-order valence-corrected chi connectivity index (χ1v) is 13.4. The highest BCUT2D eigenvalue weighted by atomic mass is 19.4. The van der Waals surface area contributed by atoms with Gasteiger partial charge in [0, 0.05) is 39.0 Å². The summed E-state index contributed by atoms with van der Waals surface area (Å²) in [6.45, 7) is 0.250. The Balaban J connectivity index is 1.82. The third-order valence-corrected chi connectivity index (χ3v) is 6.89. The number of nitrogens with zero attached hydrogens (tertiary/aromatic N) is 1. The first-order chi connectivity index (χ1) is 19.5. The van der Waals surface area contributed by atoms with Crippen LogP contribution < -0.4 is 15.4 Å². The maximum absolute atomic E-state index is 14.4. The minimum absolute atomic E-state index is 0.00665. The zero-order valence-corrected chi connectivity index (χ0v) is 22.8. The lowest BCUT2D eigenvalue weighted by Crippen LogP contribution is -2.55. The summed E-state index contributed by atoms with van der Waals surface area (Å²) in [7, 11) is 1.50. The van der Waals surface area contributed by atoms with E-state index in [2.05, 4.69) is 16.6 Å². The predicted octanol–water partition coefficient (Wildman–Crippen LogP) is 3.83. The van der Waals surface area contributed by atoms with Gasteiger partial charge in [-0.2, -0.15) is 13.2 Å². The minimum Gasteiger partial charge on any atom is -0.493 e. The van der Waals surface area contributed by atoms with Crippen LogP contribution in [-0.2, 0) is 28.7 Å². The lowest BCUT2D eigenvalue weighted by atomic mass is 9.99. The highest BCUT2D eigenvalue weighted by Crippen LogP contribution is 2.29. The van der Waals surface area contributed by atoms with Gasteiger partial charge in [-0.25, -0.2) is 4.39 Å². The number of carbonyl (C=O) groups excluding carboxylic acids is 2. The summed E-state index contributed by atoms with van der Waals surface area (Å²) in [4.78, 5) is 27.4. The molecule has 3 atom stereocenters. The van der Waals surface area contributed by atoms with Gasteiger partial charge in [-0.15, -0.1) is 12.3 Å². The number of aliphatic hydroxyl groups excluding tert-OH is 1. The first-order valence-electron chi connectivity index (χ1n) is 13.4. The van der Waals surface area contributed by atoms with E-state index in [1.165, 1.54) is 36.2 Å². The summed E-state index contributed by atoms with van der Waals surface area (Å²) in [5.74, 6) is 1.34. The summed E-state index contributed by atoms with van der Waals surface area (Å²) in [5.41, 5.74) is 0.0203. The minimum atomic E-state index is -4.49. The number of halogens is 4. The van der Waals surface area contributed by atoms with Crippen molar-refractivity contribution in [3.63, 3.8) is 0 Å². The quantitative estimate of drug-likeness (QED) is 0.359. The second-order valence-electron chi connectivity index (χ2n) is 10.1. The van der Waals surface area contributed by atoms with Gasteiger partial charge in [0.1, 0.15) is 17.6 Å². The molecule has 2 amide bonds. The molecule has 3 rings (SSSR count). The zero-order valence-electron chi connectivity index (χ0n) is 22.8. The molecule has 0 radical (unpaired) electrons. The van der Waals surface area contributed by atoms with Crippen molar-refractivity contribution in [2.45, 2.75) is 69.4 Å². The molecule has 0 saturated carbocycles. The molecule has 1 aliphatic heterocycles. The number of aliphatic hydroxyl groups is 1. The zero-order chi connectivity index (χ0) is 30.0. The average molecular weight is 578 g/mol. The van der Waals surface area contributed by atoms with Crippen LogP contribution in [0.5, 0.6) is 5.75 Å². The van der Waals surface area contributed by atoms with E-state index in [0.29, 0.717) is 42.7 Å². The Bertz CT molecular complexity index is 1230. The fourth-order valence-electron chi connectivity index (χ4n) is 4.61. The van der Waals surface area contributed by atoms with Crippen molar-refractivity contribution in [1.82, 2.24) is 15.5 Å². The van der Waals surface area contributed by atoms with Gasteiger partial charge in [0.05, 0.1) is 24.3 Å². The molecule has 0 aliphatic carbocycles. The Hall–Kier alpha value is -3.62. The molecule has 41 heavy (non-hydrogen) atoms. The second kappa shape index (κ2) is 14.8. The fraction of sp³-hybridized carbons (Fsp3) is 0.467. The Morgan fingerprint density at radius 3 is 2.71 bits per heavy atom. The van der Waals surface area contributed by atoms with Crippen LogP contribution in [0.25, 0.3) is 0 Å². The van der Waals surface area contributed by atoms with Crippen molar-refractivity contribution in [2.24, 2.45) is 0 Å². The van der Waals surface area contributed by atoms with Gasteiger partial charge in [-0.3, -0.25) is 9.59 Å². The number of likely N-dealkylation sites (N-methyl/N-ethyl adjacent to an activating group) is 1. The van der Waals surface area contributed by atoms with Crippen LogP contribution in [-0.4, -0.2) is 60.2 Å². The van der Waals surface area contributed by atoms with E-state index in [0.717, 1.165) is 12.1 Å². The van der Waals surface area contributed by atoms with Crippen molar-refractivity contribution in [3.05, 3.63) is 65.0 Å². The van der Waals surface area contributed by atoms with E-state index in [-0.39, 0.29) is 38.3 Å². The summed E-state index contributed by atoms with van der Waals surface area (Å²) in [6.07, 6.45) is 1.86. The number of terminal acetylenes is 1. The molecule has 0 saturated heterocycles. The number of hydrogen-bond acceptors (Lipinski definition) is 5. The fourth-order valence-corrected chi connectivity index (χ4v) is 4.61. The van der Waals surface area contributed by atoms with E-state index in [1.54, 1.807) is 6.07 Å². The number of fused-ring (bicyclic) bond motifs is 2. The van der Waals surface area contributed by atoms with Gasteiger partial charge in [0.25, 0.3) is 0 Å². The van der Waals surface area contributed by atoms with Crippen molar-refractivity contribution >= 4 is 11.8 Å². The maximum Gasteiger partial charge on any atom is 0.416 e. The summed E-state index contributed by atoms with van der Waals surface area (Å²) >= 11 is 0. The van der Waals surface area contributed by atoms with E-state index in [4.69, 9.17) is 11.2 Å². The first kappa shape index (κ1) is 31.9. The Morgan fingerprint density at radius 1 is 1.20 bits per heavy atom. The lowest BCUT2D eigenvalue weighted by Gasteiger charge is -2.30. The third kappa shape index (κ3) is 9.76. The normalized spacial score (nSPS) is 20.1. The standard InChI is InChI=1S/C30H35F4N3O4/c1-3-8-26-29(40)36-25(27(38)19-35-18-20-9-7-10-22(13-20)30(32,33)34)16-21-14-23(31)17-24(15-21)41-12-6-4-5-11-28(39)37(26)2/h1,7,9-10,13-15,17,25-27,35,38H,4-6,8,11-12,16,18-19H2,2H3,(H,36,40)/t25?,26?,27-/m1/s1. The van der Waals surface area contributed by atoms with Gasteiger partial charge in [-0.1, -0.05) is 18.2 Å². The van der Waals surface area contributed by atoms with Crippen molar-refractivity contribution in [1.29, 1.82) is 0 Å². The molecule has 2 unspecified atom stereocenters. The molecule has 0 fully saturated rings. The molecule has 1 heterocycles. The number of nitrogens with one attached hydrogen (secondary N) is 2. The van der Waals surface area contributed by atoms with Crippen LogP contribution in [0.15, 0.2) is 42.5 Å². The average Bonchev–Trinajstić information content (AvgIpc) is 2.91. The summed E-state index contributed by atoms with van der Waals surface area (Å²) in [6, 6.07) is 7.01. The van der Waals surface area contributed by atoms with Crippen LogP contribution in [0.2, 0.25) is 0 Å². The van der Waals surface area contributed by atoms with Gasteiger partial charge < -0.3 is 25.4 Å². The van der Waals surface area contributed by atoms with E-state index < -0.39 is 41.7 Å².